The van der Waals surface area contributed by atoms with Gasteiger partial charge in [0.2, 0.25) is 34.9 Å². The van der Waals surface area contributed by atoms with Gasteiger partial charge in [-0.3, -0.25) is 14.2 Å². The van der Waals surface area contributed by atoms with Gasteiger partial charge in [0.25, 0.3) is 0 Å². The number of nitrogens with two attached hydrogens (primary N) is 1. The molecule has 0 aliphatic heterocycles. The first kappa shape index (κ1) is 85.0. The van der Waals surface area contributed by atoms with Gasteiger partial charge in [-0.15, -0.1) is 0 Å². The number of carbonyl (C=O) groups excluding carboxylic acids is 2. The number of carboxylic acid groups (broad SMARTS) is 1. The fourth-order valence-electron chi connectivity index (χ4n) is 8.97. The lowest BCUT2D eigenvalue weighted by molar-refractivity contribution is 0.0588. The fraction of sp³-hybridized carbons (Fsp3) is 0.319. The van der Waals surface area contributed by atoms with E-state index < -0.39 is 110 Å². The van der Waals surface area contributed by atoms with Gasteiger partial charge in [0.15, 0.2) is 17.5 Å². The van der Waals surface area contributed by atoms with Crippen molar-refractivity contribution in [2.45, 2.75) is 119 Å². The number of methoxy groups -OCH3 is 1. The third-order valence-electron chi connectivity index (χ3n) is 14.0. The number of ether oxygens (including phenoxy) is 1. The Hall–Kier alpha value is -8.21. The van der Waals surface area contributed by atoms with Crippen molar-refractivity contribution in [3.05, 3.63) is 195 Å². The summed E-state index contributed by atoms with van der Waals surface area (Å²) in [4.78, 5) is 49.5. The molecule has 5 aromatic carbocycles. The zero-order valence-corrected chi connectivity index (χ0v) is 59.1. The summed E-state index contributed by atoms with van der Waals surface area (Å²) in [6.07, 6.45) is 16.5. The molecule has 9 aromatic rings. The van der Waals surface area contributed by atoms with E-state index in [1.807, 2.05) is 75.1 Å². The van der Waals surface area contributed by atoms with Gasteiger partial charge in [-0.05, 0) is 109 Å². The first-order valence-corrected chi connectivity index (χ1v) is 37.4. The van der Waals surface area contributed by atoms with E-state index in [-0.39, 0.29) is 35.9 Å². The van der Waals surface area contributed by atoms with Crippen molar-refractivity contribution in [2.75, 3.05) is 39.5 Å². The average molecular weight is 1500 g/mol. The second-order valence-electron chi connectivity index (χ2n) is 21.3. The first-order valence-electron chi connectivity index (χ1n) is 30.9. The molecule has 538 valence electrons. The van der Waals surface area contributed by atoms with Crippen LogP contribution in [0.2, 0.25) is 10.0 Å². The van der Waals surface area contributed by atoms with Crippen LogP contribution in [0, 0.1) is 34.9 Å². The molecule has 9 rings (SSSR count). The summed E-state index contributed by atoms with van der Waals surface area (Å²) in [7, 11) is -4.88. The van der Waals surface area contributed by atoms with Gasteiger partial charge in [0.05, 0.1) is 47.0 Å². The molecule has 18 nitrogen and oxygen atoms in total. The molecule has 0 spiro atoms. The largest absolute Gasteiger partial charge is 0.477 e. The quantitative estimate of drug-likeness (QED) is 0.00775. The highest BCUT2D eigenvalue weighted by molar-refractivity contribution is 8.13. The number of fused-ring (bicyclic) bond motifs is 2. The van der Waals surface area contributed by atoms with E-state index in [9.17, 15) is 61.6 Å². The van der Waals surface area contributed by atoms with Crippen molar-refractivity contribution >= 4 is 120 Å². The summed E-state index contributed by atoms with van der Waals surface area (Å²) in [5, 5.41) is 11.5. The number of aromatic carboxylic acids is 1. The number of rotatable bonds is 25. The van der Waals surface area contributed by atoms with Crippen molar-refractivity contribution in [1.82, 2.24) is 19.9 Å². The molecule has 0 radical (unpaired) electrons. The highest BCUT2D eigenvalue weighted by atomic mass is 35.7. The molecule has 0 bridgehead atoms. The summed E-state index contributed by atoms with van der Waals surface area (Å²) in [5.74, 6) is -11.2. The molecule has 99 heavy (non-hydrogen) atoms. The molecule has 0 unspecified atom stereocenters. The Balaban J connectivity index is 0.000000345. The Kier molecular flexibility index (Phi) is 35.5. The van der Waals surface area contributed by atoms with Gasteiger partial charge in [-0.2, -0.15) is 0 Å². The Bertz CT molecular complexity index is 4480. The Morgan fingerprint density at radius 2 is 0.980 bits per heavy atom. The minimum Gasteiger partial charge on any atom is -0.477 e. The normalized spacial score (nSPS) is 10.9. The number of anilines is 3. The third kappa shape index (κ3) is 26.8. The Morgan fingerprint density at radius 3 is 1.44 bits per heavy atom. The number of halogens is 9. The number of carbonyl (C=O) groups is 3. The van der Waals surface area contributed by atoms with Crippen LogP contribution in [-0.2, 0) is 33.8 Å². The second-order valence-corrected chi connectivity index (χ2v) is 28.7. The van der Waals surface area contributed by atoms with Crippen LogP contribution >= 0.6 is 33.9 Å². The molecule has 0 fully saturated rings. The molecule has 0 saturated heterocycles. The van der Waals surface area contributed by atoms with Crippen molar-refractivity contribution in [3.63, 3.8) is 0 Å². The second kappa shape index (κ2) is 41.4. The number of nitrogens with zero attached hydrogens (tertiary/aromatic N) is 2. The molecule has 4 heterocycles. The van der Waals surface area contributed by atoms with Gasteiger partial charge in [0.1, 0.15) is 39.9 Å². The number of hydrogen-bond donors (Lipinski definition) is 6. The number of H-pyrrole nitrogens is 2. The molecule has 7 N–H and O–H groups in total. The van der Waals surface area contributed by atoms with E-state index in [0.29, 0.717) is 46.9 Å². The SMILES string of the molecule is C.CC.CCCCCCS(=O)(=O)Cl.CCCCCCS(=O)(=O)Nc1ccc(F)c(C(=O)O)c1F.CCCCCCS(=O)(=O)Nc1ccc(F)c(C(=O)c2c[nH]c3ncc(-c4ccc(Cl)cc4)cc23)c1F.COC(=O)c1c(F)ccc(N)c1F.Clc1ccc(-c2cnc3[nH]ccc3c2)cc1. The standard InChI is InChI=1S/C26H24ClF2N3O3S.C13H9ClN2.C13H17F2NO4S.C8H7F2NO2.C6H13ClO2S.C2H6.CH4/c1-2-3-4-5-12-36(34,35)32-22-11-10-21(28)23(24(22)29)25(33)20-15-31-26-19(20)13-17(14-30-26)16-6-8-18(27)9-7-16;14-12-3-1-9(2-4-12)11-7-10-5-6-15-13(10)16-8-11;1-2-3-4-5-8-21(19,20)16-10-7-6-9(14)11(12(10)15)13(17)18;1-13-8(12)6-4(9)2-3-5(11)7(6)10;1-2-3-4-5-6-10(7,8)9;1-2;/h6-11,13-15,32H,2-5,12H2,1H3,(H,30,31);1-8H,(H,15,16);6-7,16H,2-5,8H2,1H3,(H,17,18);2-3H,11H2,1H3;2-6H2,1H3;1-2H3;1H4. The molecule has 4 aromatic heterocycles. The number of esters is 1. The number of ketones is 1. The molecular formula is C69H80Cl3F6N7O11S3. The summed E-state index contributed by atoms with van der Waals surface area (Å²) in [5.41, 5.74) is 5.99. The number of aromatic amines is 2. The molecule has 0 atom stereocenters. The smallest absolute Gasteiger partial charge is 0.343 e. The van der Waals surface area contributed by atoms with Crippen molar-refractivity contribution < 1.29 is 75.8 Å². The lowest BCUT2D eigenvalue weighted by Crippen LogP contribution is -2.19. The predicted octanol–water partition coefficient (Wildman–Crippen LogP) is 18.7. The summed E-state index contributed by atoms with van der Waals surface area (Å²) >= 11 is 11.8. The van der Waals surface area contributed by atoms with E-state index in [1.165, 1.54) is 6.20 Å². The number of nitrogens with one attached hydrogen (secondary N) is 4. The minimum absolute atomic E-state index is 0. The number of hydrogen-bond acceptors (Lipinski definition) is 13. The maximum absolute atomic E-state index is 15.3. The zero-order valence-electron chi connectivity index (χ0n) is 54.4. The van der Waals surface area contributed by atoms with Gasteiger partial charge in [-0.1, -0.05) is 147 Å². The van der Waals surface area contributed by atoms with Crippen LogP contribution in [0.4, 0.5) is 43.4 Å². The molecular weight excluding hydrogens is 1420 g/mol. The maximum atomic E-state index is 15.3. The average Bonchev–Trinajstić information content (AvgIpc) is 1.70. The number of unbranched alkanes of at least 4 members (excludes halogenated alkanes) is 9. The molecule has 0 aliphatic carbocycles. The number of nitrogen functional groups attached to an aromatic ring is 1. The Morgan fingerprint density at radius 1 is 0.545 bits per heavy atom. The van der Waals surface area contributed by atoms with Crippen LogP contribution in [0.15, 0.2) is 128 Å². The number of benzene rings is 5. The fourth-order valence-corrected chi connectivity index (χ4v) is 12.5. The van der Waals surface area contributed by atoms with Crippen LogP contribution in [0.5, 0.6) is 0 Å². The Labute approximate surface area is 588 Å². The maximum Gasteiger partial charge on any atom is 0.343 e. The van der Waals surface area contributed by atoms with E-state index in [2.05, 4.69) is 42.4 Å². The van der Waals surface area contributed by atoms with Crippen LogP contribution < -0.4 is 15.2 Å². The first-order chi connectivity index (χ1) is 46.4. The number of pyridine rings is 2. The summed E-state index contributed by atoms with van der Waals surface area (Å²) in [6.45, 7) is 10.1. The van der Waals surface area contributed by atoms with Crippen LogP contribution in [-0.4, -0.2) is 92.4 Å². The van der Waals surface area contributed by atoms with Gasteiger partial charge in [0, 0.05) is 73.0 Å². The van der Waals surface area contributed by atoms with Gasteiger partial charge in [-0.25, -0.2) is 71.2 Å². The third-order valence-corrected chi connectivity index (χ3v) is 18.4. The minimum atomic E-state index is -3.87. The van der Waals surface area contributed by atoms with E-state index in [0.717, 1.165) is 128 Å². The summed E-state index contributed by atoms with van der Waals surface area (Å²) < 4.78 is 160. The molecule has 0 aliphatic rings. The van der Waals surface area contributed by atoms with E-state index >= 15 is 4.39 Å². The van der Waals surface area contributed by atoms with Crippen LogP contribution in [0.25, 0.3) is 44.3 Å². The van der Waals surface area contributed by atoms with Crippen LogP contribution in [0.3, 0.4) is 0 Å². The van der Waals surface area contributed by atoms with Gasteiger partial charge < -0.3 is 25.5 Å². The van der Waals surface area contributed by atoms with Crippen molar-refractivity contribution in [2.24, 2.45) is 0 Å². The molecule has 30 heteroatoms. The van der Waals surface area contributed by atoms with Crippen molar-refractivity contribution in [3.8, 4) is 22.3 Å². The number of aromatic nitrogens is 4. The van der Waals surface area contributed by atoms with Gasteiger partial charge >= 0.3 is 11.9 Å². The predicted molar refractivity (Wildman–Crippen MR) is 383 cm³/mol. The van der Waals surface area contributed by atoms with E-state index in [1.54, 1.807) is 36.5 Å². The molecule has 0 saturated carbocycles. The topological polar surface area (TPSA) is 291 Å². The van der Waals surface area contributed by atoms with Crippen molar-refractivity contribution in [1.29, 1.82) is 0 Å². The van der Waals surface area contributed by atoms with E-state index in [4.69, 9.17) is 44.7 Å². The highest BCUT2D eigenvalue weighted by Gasteiger charge is 2.27. The lowest BCUT2D eigenvalue weighted by Gasteiger charge is -2.12. The lowest BCUT2D eigenvalue weighted by atomic mass is 10.00. The highest BCUT2D eigenvalue weighted by Crippen LogP contribution is 2.31. The number of carboxylic acids is 1. The summed E-state index contributed by atoms with van der Waals surface area (Å²) in [6, 6.07) is 26.0. The molecule has 0 amide bonds. The monoisotopic (exact) mass is 1500 g/mol. The number of sulfonamides is 2. The van der Waals surface area contributed by atoms with Crippen LogP contribution in [0.1, 0.15) is 156 Å². The zero-order chi connectivity index (χ0) is 72.9.